The second kappa shape index (κ2) is 5.87. The number of amides is 1. The average molecular weight is 221 g/mol. The highest BCUT2D eigenvalue weighted by atomic mass is 16.3. The standard InChI is InChI=1S/C11H15N3O2/c1-14(2)8-12-13-11(16)10(15)9-6-4-3-5-7-9/h3-8,10,15H,1-2H3,(H,13,16)/b12-8+. The Hall–Kier alpha value is -1.88. The fraction of sp³-hybridized carbons (Fsp3) is 0.273. The average Bonchev–Trinajstić information content (AvgIpc) is 2.28. The van der Waals surface area contributed by atoms with Gasteiger partial charge >= 0.3 is 0 Å². The molecule has 0 aromatic heterocycles. The highest BCUT2D eigenvalue weighted by Gasteiger charge is 2.15. The fourth-order valence-electron chi connectivity index (χ4n) is 1.06. The smallest absolute Gasteiger partial charge is 0.273 e. The zero-order valence-corrected chi connectivity index (χ0v) is 9.29. The van der Waals surface area contributed by atoms with E-state index in [2.05, 4.69) is 10.5 Å². The second-order valence-corrected chi connectivity index (χ2v) is 3.50. The Morgan fingerprint density at radius 3 is 2.62 bits per heavy atom. The summed E-state index contributed by atoms with van der Waals surface area (Å²) < 4.78 is 0. The van der Waals surface area contributed by atoms with Gasteiger partial charge in [-0.05, 0) is 5.56 Å². The SMILES string of the molecule is CN(C)/C=N/NC(=O)C(O)c1ccccc1. The molecule has 0 heterocycles. The van der Waals surface area contributed by atoms with Crippen molar-refractivity contribution in [2.75, 3.05) is 14.1 Å². The summed E-state index contributed by atoms with van der Waals surface area (Å²) in [6.45, 7) is 0. The maximum atomic E-state index is 11.4. The van der Waals surface area contributed by atoms with Crippen LogP contribution in [0.5, 0.6) is 0 Å². The van der Waals surface area contributed by atoms with Crippen LogP contribution in [0.15, 0.2) is 35.4 Å². The molecule has 0 fully saturated rings. The third-order valence-electron chi connectivity index (χ3n) is 1.83. The van der Waals surface area contributed by atoms with Crippen LogP contribution in [-0.2, 0) is 4.79 Å². The highest BCUT2D eigenvalue weighted by molar-refractivity contribution is 5.82. The lowest BCUT2D eigenvalue weighted by molar-refractivity contribution is -0.129. The van der Waals surface area contributed by atoms with Crippen molar-refractivity contribution in [3.8, 4) is 0 Å². The predicted molar refractivity (Wildman–Crippen MR) is 61.7 cm³/mol. The van der Waals surface area contributed by atoms with Gasteiger partial charge in [0.15, 0.2) is 6.10 Å². The highest BCUT2D eigenvalue weighted by Crippen LogP contribution is 2.11. The number of aliphatic hydroxyl groups is 1. The Balaban J connectivity index is 2.55. The summed E-state index contributed by atoms with van der Waals surface area (Å²) in [7, 11) is 3.56. The number of hydrogen-bond donors (Lipinski definition) is 2. The van der Waals surface area contributed by atoms with Crippen molar-refractivity contribution >= 4 is 12.2 Å². The Kier molecular flexibility index (Phi) is 4.47. The van der Waals surface area contributed by atoms with E-state index < -0.39 is 12.0 Å². The minimum absolute atomic E-state index is 0.542. The Bertz CT molecular complexity index is 363. The minimum Gasteiger partial charge on any atom is -0.378 e. The number of nitrogens with one attached hydrogen (secondary N) is 1. The summed E-state index contributed by atoms with van der Waals surface area (Å²) >= 11 is 0. The molecule has 0 aliphatic rings. The molecule has 2 N–H and O–H groups in total. The number of hydrazone groups is 1. The molecular weight excluding hydrogens is 206 g/mol. The van der Waals surface area contributed by atoms with Gasteiger partial charge in [0.2, 0.25) is 0 Å². The van der Waals surface area contributed by atoms with E-state index in [4.69, 9.17) is 0 Å². The van der Waals surface area contributed by atoms with Crippen molar-refractivity contribution < 1.29 is 9.90 Å². The first-order valence-corrected chi connectivity index (χ1v) is 4.83. The number of hydrogen-bond acceptors (Lipinski definition) is 3. The first-order valence-electron chi connectivity index (χ1n) is 4.83. The number of carbonyl (C=O) groups excluding carboxylic acids is 1. The van der Waals surface area contributed by atoms with Crippen molar-refractivity contribution in [3.63, 3.8) is 0 Å². The molecule has 1 rings (SSSR count). The topological polar surface area (TPSA) is 64.9 Å². The largest absolute Gasteiger partial charge is 0.378 e. The zero-order valence-electron chi connectivity index (χ0n) is 9.29. The monoisotopic (exact) mass is 221 g/mol. The summed E-state index contributed by atoms with van der Waals surface area (Å²) in [6.07, 6.45) is 0.246. The molecule has 0 aliphatic heterocycles. The van der Waals surface area contributed by atoms with E-state index >= 15 is 0 Å². The lowest BCUT2D eigenvalue weighted by atomic mass is 10.1. The van der Waals surface area contributed by atoms with Gasteiger partial charge in [0.1, 0.15) is 6.34 Å². The lowest BCUT2D eigenvalue weighted by Gasteiger charge is -2.09. The number of aliphatic hydroxyl groups excluding tert-OH is 1. The van der Waals surface area contributed by atoms with Crippen molar-refractivity contribution in [3.05, 3.63) is 35.9 Å². The van der Waals surface area contributed by atoms with Crippen molar-refractivity contribution in [2.24, 2.45) is 5.10 Å². The van der Waals surface area contributed by atoms with Gasteiger partial charge in [-0.15, -0.1) is 0 Å². The summed E-state index contributed by atoms with van der Waals surface area (Å²) in [5, 5.41) is 13.3. The number of benzene rings is 1. The zero-order chi connectivity index (χ0) is 12.0. The summed E-state index contributed by atoms with van der Waals surface area (Å²) in [5.74, 6) is -0.552. The molecule has 0 aliphatic carbocycles. The first-order chi connectivity index (χ1) is 7.61. The van der Waals surface area contributed by atoms with Gasteiger partial charge in [0, 0.05) is 14.1 Å². The van der Waals surface area contributed by atoms with Crippen LogP contribution in [0.4, 0.5) is 0 Å². The molecule has 0 saturated heterocycles. The van der Waals surface area contributed by atoms with E-state index in [1.807, 2.05) is 6.07 Å². The Morgan fingerprint density at radius 1 is 1.44 bits per heavy atom. The molecule has 0 spiro atoms. The van der Waals surface area contributed by atoms with Crippen LogP contribution >= 0.6 is 0 Å². The lowest BCUT2D eigenvalue weighted by Crippen LogP contribution is -2.26. The Morgan fingerprint density at radius 2 is 2.06 bits per heavy atom. The molecule has 5 nitrogen and oxygen atoms in total. The number of nitrogens with zero attached hydrogens (tertiary/aromatic N) is 2. The van der Waals surface area contributed by atoms with Crippen LogP contribution in [0.3, 0.4) is 0 Å². The molecule has 0 radical (unpaired) electrons. The molecule has 86 valence electrons. The second-order valence-electron chi connectivity index (χ2n) is 3.50. The third-order valence-corrected chi connectivity index (χ3v) is 1.83. The predicted octanol–water partition coefficient (Wildman–Crippen LogP) is 0.341. The van der Waals surface area contributed by atoms with E-state index in [0.717, 1.165) is 0 Å². The maximum Gasteiger partial charge on any atom is 0.273 e. The number of rotatable bonds is 4. The van der Waals surface area contributed by atoms with Crippen LogP contribution in [0.25, 0.3) is 0 Å². The molecule has 1 amide bonds. The van der Waals surface area contributed by atoms with E-state index in [1.165, 1.54) is 6.34 Å². The third kappa shape index (κ3) is 3.70. The number of carbonyl (C=O) groups is 1. The normalized spacial score (nSPS) is 12.4. The molecular formula is C11H15N3O2. The summed E-state index contributed by atoms with van der Waals surface area (Å²) in [4.78, 5) is 13.1. The molecule has 1 aromatic rings. The molecule has 0 saturated carbocycles. The van der Waals surface area contributed by atoms with Crippen LogP contribution < -0.4 is 5.43 Å². The van der Waals surface area contributed by atoms with Crippen LogP contribution in [0, 0.1) is 0 Å². The van der Waals surface area contributed by atoms with Gasteiger partial charge in [-0.25, -0.2) is 5.43 Å². The molecule has 0 bridgehead atoms. The van der Waals surface area contributed by atoms with E-state index in [0.29, 0.717) is 5.56 Å². The molecule has 5 heteroatoms. The van der Waals surface area contributed by atoms with Gasteiger partial charge in [0.05, 0.1) is 0 Å². The molecule has 16 heavy (non-hydrogen) atoms. The van der Waals surface area contributed by atoms with Gasteiger partial charge in [-0.1, -0.05) is 30.3 Å². The van der Waals surface area contributed by atoms with Crippen molar-refractivity contribution in [1.29, 1.82) is 0 Å². The summed E-state index contributed by atoms with van der Waals surface area (Å²) in [5.41, 5.74) is 2.79. The summed E-state index contributed by atoms with van der Waals surface area (Å²) in [6, 6.07) is 8.70. The molecule has 1 atom stereocenters. The van der Waals surface area contributed by atoms with Crippen molar-refractivity contribution in [1.82, 2.24) is 10.3 Å². The minimum atomic E-state index is -1.19. The van der Waals surface area contributed by atoms with Crippen LogP contribution in [0.2, 0.25) is 0 Å². The molecule has 1 unspecified atom stereocenters. The van der Waals surface area contributed by atoms with E-state index in [9.17, 15) is 9.90 Å². The fourth-order valence-corrected chi connectivity index (χ4v) is 1.06. The maximum absolute atomic E-state index is 11.4. The Labute approximate surface area is 94.4 Å². The van der Waals surface area contributed by atoms with Gasteiger partial charge < -0.3 is 10.0 Å². The van der Waals surface area contributed by atoms with E-state index in [-0.39, 0.29) is 0 Å². The molecule has 1 aromatic carbocycles. The van der Waals surface area contributed by atoms with E-state index in [1.54, 1.807) is 43.3 Å². The van der Waals surface area contributed by atoms with Crippen LogP contribution in [-0.4, -0.2) is 36.3 Å². The van der Waals surface area contributed by atoms with Gasteiger partial charge in [-0.3, -0.25) is 4.79 Å². The van der Waals surface area contributed by atoms with Gasteiger partial charge in [-0.2, -0.15) is 5.10 Å². The van der Waals surface area contributed by atoms with Gasteiger partial charge in [0.25, 0.3) is 5.91 Å². The van der Waals surface area contributed by atoms with Crippen LogP contribution in [0.1, 0.15) is 11.7 Å². The quantitative estimate of drug-likeness (QED) is 0.438. The van der Waals surface area contributed by atoms with Crippen molar-refractivity contribution in [2.45, 2.75) is 6.10 Å². The first kappa shape index (κ1) is 12.2.